The number of fused-ring (bicyclic) bond motifs is 1. The Labute approximate surface area is 127 Å². The molecule has 0 aliphatic carbocycles. The van der Waals surface area contributed by atoms with Crippen LogP contribution in [0.3, 0.4) is 0 Å². The van der Waals surface area contributed by atoms with Crippen molar-refractivity contribution in [1.82, 2.24) is 4.98 Å². The maximum atomic E-state index is 11.6. The predicted molar refractivity (Wildman–Crippen MR) is 86.1 cm³/mol. The number of hydrogen-bond acceptors (Lipinski definition) is 3. The van der Waals surface area contributed by atoms with E-state index in [0.29, 0.717) is 16.5 Å². The topological polar surface area (TPSA) is 102 Å². The van der Waals surface area contributed by atoms with Gasteiger partial charge in [0.25, 0.3) is 5.91 Å². The summed E-state index contributed by atoms with van der Waals surface area (Å²) in [6, 6.07) is 5.83. The molecule has 0 unspecified atom stereocenters. The van der Waals surface area contributed by atoms with Crippen LogP contribution in [0.25, 0.3) is 10.9 Å². The quantitative estimate of drug-likeness (QED) is 0.760. The number of nitrogens with two attached hydrogens (primary N) is 2. The van der Waals surface area contributed by atoms with Gasteiger partial charge in [-0.3, -0.25) is 9.59 Å². The van der Waals surface area contributed by atoms with Crippen LogP contribution in [-0.4, -0.2) is 22.0 Å². The van der Waals surface area contributed by atoms with Crippen molar-refractivity contribution in [3.8, 4) is 0 Å². The van der Waals surface area contributed by atoms with Crippen molar-refractivity contribution >= 4 is 34.5 Å². The number of benzene rings is 1. The van der Waals surface area contributed by atoms with Gasteiger partial charge in [0.15, 0.2) is 0 Å². The molecule has 0 spiro atoms. The number of aromatic amines is 1. The number of H-pyrrole nitrogens is 1. The third-order valence-corrected chi connectivity index (χ3v) is 4.29. The highest BCUT2D eigenvalue weighted by Gasteiger charge is 2.17. The molecule has 0 bridgehead atoms. The number of carbonyl (C=O) groups excluding carboxylic acids is 2. The molecule has 0 aliphatic heterocycles. The first-order chi connectivity index (χ1) is 9.88. The van der Waals surface area contributed by atoms with Gasteiger partial charge in [-0.25, -0.2) is 0 Å². The van der Waals surface area contributed by atoms with E-state index < -0.39 is 11.8 Å². The van der Waals surface area contributed by atoms with E-state index in [1.54, 1.807) is 0 Å². The normalized spacial score (nSPS) is 11.2. The van der Waals surface area contributed by atoms with E-state index in [-0.39, 0.29) is 6.42 Å². The van der Waals surface area contributed by atoms with Gasteiger partial charge >= 0.3 is 0 Å². The molecule has 6 heteroatoms. The highest BCUT2D eigenvalue weighted by atomic mass is 32.2. The molecular weight excluding hydrogens is 286 g/mol. The predicted octanol–water partition coefficient (Wildman–Crippen LogP) is 1.94. The van der Waals surface area contributed by atoms with E-state index in [9.17, 15) is 9.59 Å². The SMILES string of the molecule is CC(C)SCc1ccc2c(C(N)=O)c(CC(N)=O)[nH]c2c1. The molecule has 1 aromatic heterocycles. The van der Waals surface area contributed by atoms with E-state index in [4.69, 9.17) is 11.5 Å². The van der Waals surface area contributed by atoms with Crippen LogP contribution in [0.5, 0.6) is 0 Å². The molecule has 0 saturated heterocycles. The lowest BCUT2D eigenvalue weighted by molar-refractivity contribution is -0.117. The first-order valence-electron chi connectivity index (χ1n) is 6.71. The van der Waals surface area contributed by atoms with Gasteiger partial charge in [-0.1, -0.05) is 26.0 Å². The van der Waals surface area contributed by atoms with Crippen LogP contribution in [-0.2, 0) is 17.0 Å². The maximum Gasteiger partial charge on any atom is 0.251 e. The Bertz CT molecular complexity index is 692. The van der Waals surface area contributed by atoms with Crippen LogP contribution in [0.2, 0.25) is 0 Å². The van der Waals surface area contributed by atoms with Crippen molar-refractivity contribution in [1.29, 1.82) is 0 Å². The van der Waals surface area contributed by atoms with Gasteiger partial charge in [-0.2, -0.15) is 11.8 Å². The minimum atomic E-state index is -0.554. The van der Waals surface area contributed by atoms with Crippen molar-refractivity contribution in [2.24, 2.45) is 11.5 Å². The van der Waals surface area contributed by atoms with Gasteiger partial charge in [-0.05, 0) is 16.9 Å². The molecular formula is C15H19N3O2S. The average molecular weight is 305 g/mol. The second-order valence-electron chi connectivity index (χ2n) is 5.23. The van der Waals surface area contributed by atoms with Crippen molar-refractivity contribution in [3.05, 3.63) is 35.0 Å². The number of rotatable bonds is 6. The molecule has 0 aliphatic rings. The summed E-state index contributed by atoms with van der Waals surface area (Å²) in [5.41, 5.74) is 13.4. The molecule has 112 valence electrons. The number of hydrogen-bond donors (Lipinski definition) is 3. The van der Waals surface area contributed by atoms with Crippen LogP contribution >= 0.6 is 11.8 Å². The highest BCUT2D eigenvalue weighted by Crippen LogP contribution is 2.26. The van der Waals surface area contributed by atoms with Crippen molar-refractivity contribution < 1.29 is 9.59 Å². The van der Waals surface area contributed by atoms with Crippen LogP contribution in [0.15, 0.2) is 18.2 Å². The zero-order valence-corrected chi connectivity index (χ0v) is 12.9. The fraction of sp³-hybridized carbons (Fsp3) is 0.333. The number of nitrogens with one attached hydrogen (secondary N) is 1. The zero-order valence-electron chi connectivity index (χ0n) is 12.1. The fourth-order valence-electron chi connectivity index (χ4n) is 2.24. The first kappa shape index (κ1) is 15.4. The fourth-order valence-corrected chi connectivity index (χ4v) is 2.95. The molecule has 0 radical (unpaired) electrons. The zero-order chi connectivity index (χ0) is 15.6. The van der Waals surface area contributed by atoms with Crippen LogP contribution in [0, 0.1) is 0 Å². The monoisotopic (exact) mass is 305 g/mol. The van der Waals surface area contributed by atoms with Crippen LogP contribution in [0.4, 0.5) is 0 Å². The second kappa shape index (κ2) is 6.22. The lowest BCUT2D eigenvalue weighted by Gasteiger charge is -2.05. The van der Waals surface area contributed by atoms with Crippen LogP contribution in [0.1, 0.15) is 35.5 Å². The number of carbonyl (C=O) groups is 2. The molecule has 1 aromatic carbocycles. The third-order valence-electron chi connectivity index (χ3n) is 3.12. The summed E-state index contributed by atoms with van der Waals surface area (Å²) in [4.78, 5) is 25.8. The summed E-state index contributed by atoms with van der Waals surface area (Å²) in [5, 5.41) is 1.29. The minimum Gasteiger partial charge on any atom is -0.369 e. The number of aromatic nitrogens is 1. The molecule has 0 atom stereocenters. The van der Waals surface area contributed by atoms with Gasteiger partial charge in [-0.15, -0.1) is 0 Å². The molecule has 5 nitrogen and oxygen atoms in total. The Morgan fingerprint density at radius 2 is 2.00 bits per heavy atom. The van der Waals surface area contributed by atoms with E-state index in [1.165, 1.54) is 0 Å². The molecule has 2 rings (SSSR count). The summed E-state index contributed by atoms with van der Waals surface area (Å²) in [5.74, 6) is -0.162. The summed E-state index contributed by atoms with van der Waals surface area (Å²) in [6.07, 6.45) is -0.0248. The molecule has 0 fully saturated rings. The van der Waals surface area contributed by atoms with E-state index in [2.05, 4.69) is 18.8 Å². The summed E-state index contributed by atoms with van der Waals surface area (Å²) in [6.45, 7) is 4.29. The average Bonchev–Trinajstić information content (AvgIpc) is 2.72. The highest BCUT2D eigenvalue weighted by molar-refractivity contribution is 7.99. The Hall–Kier alpha value is -1.95. The summed E-state index contributed by atoms with van der Waals surface area (Å²) in [7, 11) is 0. The molecule has 2 aromatic rings. The standard InChI is InChI=1S/C15H19N3O2S/c1-8(2)21-7-9-3-4-10-11(5-9)18-12(6-13(16)19)14(10)15(17)20/h3-5,8,18H,6-7H2,1-2H3,(H2,16,19)(H2,17,20). The molecule has 21 heavy (non-hydrogen) atoms. The Morgan fingerprint density at radius 1 is 1.29 bits per heavy atom. The Kier molecular flexibility index (Phi) is 4.57. The lowest BCUT2D eigenvalue weighted by Crippen LogP contribution is -2.18. The smallest absolute Gasteiger partial charge is 0.251 e. The van der Waals surface area contributed by atoms with Gasteiger partial charge < -0.3 is 16.5 Å². The second-order valence-corrected chi connectivity index (χ2v) is 6.79. The lowest BCUT2D eigenvalue weighted by atomic mass is 10.1. The minimum absolute atomic E-state index is 0.0248. The molecule has 0 saturated carbocycles. The Morgan fingerprint density at radius 3 is 2.57 bits per heavy atom. The van der Waals surface area contributed by atoms with Gasteiger partial charge in [0.2, 0.25) is 5.91 Å². The summed E-state index contributed by atoms with van der Waals surface area (Å²) < 4.78 is 0. The largest absolute Gasteiger partial charge is 0.369 e. The van der Waals surface area contributed by atoms with Crippen molar-refractivity contribution in [2.75, 3.05) is 0 Å². The van der Waals surface area contributed by atoms with Gasteiger partial charge in [0, 0.05) is 22.3 Å². The van der Waals surface area contributed by atoms with Gasteiger partial charge in [0.05, 0.1) is 12.0 Å². The molecule has 2 amide bonds. The van der Waals surface area contributed by atoms with Gasteiger partial charge in [0.1, 0.15) is 0 Å². The number of thioether (sulfide) groups is 1. The number of amides is 2. The van der Waals surface area contributed by atoms with E-state index >= 15 is 0 Å². The Balaban J connectivity index is 2.43. The van der Waals surface area contributed by atoms with Crippen molar-refractivity contribution in [3.63, 3.8) is 0 Å². The number of primary amides is 2. The maximum absolute atomic E-state index is 11.6. The molecule has 1 heterocycles. The first-order valence-corrected chi connectivity index (χ1v) is 7.76. The van der Waals surface area contributed by atoms with Crippen molar-refractivity contribution in [2.45, 2.75) is 31.3 Å². The molecule has 5 N–H and O–H groups in total. The summed E-state index contributed by atoms with van der Waals surface area (Å²) >= 11 is 1.84. The van der Waals surface area contributed by atoms with E-state index in [1.807, 2.05) is 30.0 Å². The third kappa shape index (κ3) is 3.58. The van der Waals surface area contributed by atoms with E-state index in [0.717, 1.165) is 22.2 Å². The van der Waals surface area contributed by atoms with Crippen LogP contribution < -0.4 is 11.5 Å².